The molecule has 0 radical (unpaired) electrons. The fourth-order valence-electron chi connectivity index (χ4n) is 2.74. The summed E-state index contributed by atoms with van der Waals surface area (Å²) in [4.78, 5) is 2.26. The van der Waals surface area contributed by atoms with Gasteiger partial charge in [-0.05, 0) is 46.5 Å². The molecule has 3 nitrogen and oxygen atoms in total. The van der Waals surface area contributed by atoms with Crippen molar-refractivity contribution in [2.45, 2.75) is 64.5 Å². The summed E-state index contributed by atoms with van der Waals surface area (Å²) in [6, 6.07) is 0. The van der Waals surface area contributed by atoms with Crippen LogP contribution in [0.3, 0.4) is 0 Å². The van der Waals surface area contributed by atoms with Crippen LogP contribution in [0.4, 0.5) is 13.2 Å². The average molecular weight is 309 g/mol. The van der Waals surface area contributed by atoms with E-state index in [4.69, 9.17) is 4.74 Å². The molecule has 0 aromatic carbocycles. The fraction of sp³-hybridized carbons (Fsp3) is 1.00. The molecule has 0 aromatic rings. The van der Waals surface area contributed by atoms with Crippen LogP contribution >= 0.6 is 0 Å². The van der Waals surface area contributed by atoms with Crippen LogP contribution in [0.1, 0.15) is 46.5 Å². The number of ether oxygens (including phenoxy) is 2. The van der Waals surface area contributed by atoms with Crippen LogP contribution in [-0.4, -0.2) is 49.2 Å². The van der Waals surface area contributed by atoms with Crippen molar-refractivity contribution < 1.29 is 22.6 Å². The molecule has 0 unspecified atom stereocenters. The van der Waals surface area contributed by atoms with Gasteiger partial charge in [0.2, 0.25) is 0 Å². The third-order valence-electron chi connectivity index (χ3n) is 4.16. The highest BCUT2D eigenvalue weighted by atomic mass is 19.4. The van der Waals surface area contributed by atoms with Gasteiger partial charge in [-0.15, -0.1) is 13.2 Å². The molecule has 1 aliphatic carbocycles. The van der Waals surface area contributed by atoms with Gasteiger partial charge in [0.05, 0.1) is 18.3 Å². The van der Waals surface area contributed by atoms with Crippen molar-refractivity contribution in [3.05, 3.63) is 0 Å². The molecule has 1 saturated carbocycles. The molecule has 0 bridgehead atoms. The molecule has 2 fully saturated rings. The van der Waals surface area contributed by atoms with Crippen molar-refractivity contribution in [1.29, 1.82) is 0 Å². The molecule has 1 aliphatic heterocycles. The summed E-state index contributed by atoms with van der Waals surface area (Å²) in [7, 11) is 0. The summed E-state index contributed by atoms with van der Waals surface area (Å²) in [6.07, 6.45) is -1.97. The Morgan fingerprint density at radius 1 is 1.10 bits per heavy atom. The van der Waals surface area contributed by atoms with Gasteiger partial charge in [-0.3, -0.25) is 4.74 Å². The summed E-state index contributed by atoms with van der Waals surface area (Å²) >= 11 is 0. The quantitative estimate of drug-likeness (QED) is 0.775. The van der Waals surface area contributed by atoms with E-state index >= 15 is 0 Å². The molecule has 1 saturated heterocycles. The summed E-state index contributed by atoms with van der Waals surface area (Å²) in [6.45, 7) is 9.17. The first-order valence-corrected chi connectivity index (χ1v) is 7.68. The molecule has 1 heterocycles. The van der Waals surface area contributed by atoms with Crippen molar-refractivity contribution in [1.82, 2.24) is 4.90 Å². The lowest BCUT2D eigenvalue weighted by molar-refractivity contribution is -0.345. The average Bonchev–Trinajstić information content (AvgIpc) is 3.07. The normalized spacial score (nSPS) is 24.3. The number of halogens is 3. The number of rotatable bonds is 5. The molecule has 124 valence electrons. The summed E-state index contributed by atoms with van der Waals surface area (Å²) in [5.74, 6) is 0. The van der Waals surface area contributed by atoms with E-state index in [9.17, 15) is 13.2 Å². The zero-order valence-corrected chi connectivity index (χ0v) is 13.1. The smallest absolute Gasteiger partial charge is 0.375 e. The maximum atomic E-state index is 12.2. The Morgan fingerprint density at radius 3 is 2.10 bits per heavy atom. The second kappa shape index (κ2) is 6.05. The minimum Gasteiger partial charge on any atom is -0.375 e. The minimum atomic E-state index is -4.51. The Hall–Kier alpha value is -0.330. The highest BCUT2D eigenvalue weighted by Gasteiger charge is 2.45. The fourth-order valence-corrected chi connectivity index (χ4v) is 2.74. The summed E-state index contributed by atoms with van der Waals surface area (Å²) in [5.41, 5.74) is 0.0914. The largest absolute Gasteiger partial charge is 0.522 e. The van der Waals surface area contributed by atoms with E-state index in [0.717, 1.165) is 26.0 Å². The Morgan fingerprint density at radius 2 is 1.67 bits per heavy atom. The Balaban J connectivity index is 1.71. The first-order valence-electron chi connectivity index (χ1n) is 7.68. The van der Waals surface area contributed by atoms with Gasteiger partial charge in [0, 0.05) is 25.0 Å². The molecule has 0 spiro atoms. The van der Waals surface area contributed by atoms with Crippen molar-refractivity contribution in [2.24, 2.45) is 5.41 Å². The highest BCUT2D eigenvalue weighted by molar-refractivity contribution is 4.96. The molecule has 2 aliphatic rings. The van der Waals surface area contributed by atoms with E-state index < -0.39 is 12.5 Å². The van der Waals surface area contributed by atoms with Crippen LogP contribution in [0, 0.1) is 5.41 Å². The van der Waals surface area contributed by atoms with Gasteiger partial charge in [0.25, 0.3) is 0 Å². The van der Waals surface area contributed by atoms with Crippen LogP contribution in [0.5, 0.6) is 0 Å². The standard InChI is InChI=1S/C15H26F3NO2/c1-13(2,3)20-11-14(6-7-14)10-19-8-4-12(5-9-19)21-15(16,17)18/h12H,4-11H2,1-3H3. The summed E-state index contributed by atoms with van der Waals surface area (Å²) < 4.78 is 46.5. The van der Waals surface area contributed by atoms with Crippen molar-refractivity contribution in [3.63, 3.8) is 0 Å². The van der Waals surface area contributed by atoms with Crippen LogP contribution in [0.25, 0.3) is 0 Å². The number of piperidine rings is 1. The minimum absolute atomic E-state index is 0.136. The van der Waals surface area contributed by atoms with Gasteiger partial charge >= 0.3 is 6.36 Å². The van der Waals surface area contributed by atoms with Crippen LogP contribution in [0.2, 0.25) is 0 Å². The van der Waals surface area contributed by atoms with Gasteiger partial charge in [0.15, 0.2) is 0 Å². The van der Waals surface area contributed by atoms with Gasteiger partial charge in [-0.1, -0.05) is 0 Å². The maximum Gasteiger partial charge on any atom is 0.522 e. The SMILES string of the molecule is CC(C)(C)OCC1(CN2CCC(OC(F)(F)F)CC2)CC1. The number of hydrogen-bond acceptors (Lipinski definition) is 3. The highest BCUT2D eigenvalue weighted by Crippen LogP contribution is 2.47. The van der Waals surface area contributed by atoms with Gasteiger partial charge in [-0.25, -0.2) is 0 Å². The number of alkyl halides is 3. The summed E-state index contributed by atoms with van der Waals surface area (Å²) in [5, 5.41) is 0. The molecule has 21 heavy (non-hydrogen) atoms. The Labute approximate surface area is 124 Å². The Bertz CT molecular complexity index is 340. The number of likely N-dealkylation sites (tertiary alicyclic amines) is 1. The van der Waals surface area contributed by atoms with E-state index in [2.05, 4.69) is 9.64 Å². The van der Waals surface area contributed by atoms with E-state index in [1.165, 1.54) is 0 Å². The van der Waals surface area contributed by atoms with Crippen molar-refractivity contribution in [3.8, 4) is 0 Å². The lowest BCUT2D eigenvalue weighted by atomic mass is 10.0. The Kier molecular flexibility index (Phi) is 4.90. The van der Waals surface area contributed by atoms with Crippen LogP contribution in [0.15, 0.2) is 0 Å². The molecular formula is C15H26F3NO2. The molecule has 0 amide bonds. The molecule has 0 aromatic heterocycles. The van der Waals surface area contributed by atoms with Gasteiger partial charge < -0.3 is 9.64 Å². The van der Waals surface area contributed by atoms with E-state index in [1.807, 2.05) is 20.8 Å². The number of nitrogens with zero attached hydrogens (tertiary/aromatic N) is 1. The van der Waals surface area contributed by atoms with Crippen molar-refractivity contribution >= 4 is 0 Å². The third-order valence-corrected chi connectivity index (χ3v) is 4.16. The third kappa shape index (κ3) is 6.12. The molecule has 0 N–H and O–H groups in total. The first kappa shape index (κ1) is 17.0. The zero-order valence-electron chi connectivity index (χ0n) is 13.1. The second-order valence-corrected chi connectivity index (χ2v) is 7.44. The predicted octanol–water partition coefficient (Wildman–Crippen LogP) is 3.58. The van der Waals surface area contributed by atoms with Gasteiger partial charge in [0.1, 0.15) is 0 Å². The number of hydrogen-bond donors (Lipinski definition) is 0. The monoisotopic (exact) mass is 309 g/mol. The zero-order chi connectivity index (χ0) is 15.7. The van der Waals surface area contributed by atoms with E-state index in [0.29, 0.717) is 25.9 Å². The lowest BCUT2D eigenvalue weighted by Gasteiger charge is -2.35. The van der Waals surface area contributed by atoms with Gasteiger partial charge in [-0.2, -0.15) is 0 Å². The van der Waals surface area contributed by atoms with E-state index in [1.54, 1.807) is 0 Å². The van der Waals surface area contributed by atoms with Crippen LogP contribution in [-0.2, 0) is 9.47 Å². The second-order valence-electron chi connectivity index (χ2n) is 7.44. The maximum absolute atomic E-state index is 12.2. The molecule has 2 rings (SSSR count). The lowest BCUT2D eigenvalue weighted by Crippen LogP contribution is -2.42. The van der Waals surface area contributed by atoms with E-state index in [-0.39, 0.29) is 11.0 Å². The predicted molar refractivity (Wildman–Crippen MR) is 74.0 cm³/mol. The first-order chi connectivity index (χ1) is 9.57. The van der Waals surface area contributed by atoms with Crippen LogP contribution < -0.4 is 0 Å². The topological polar surface area (TPSA) is 21.7 Å². The molecule has 6 heteroatoms. The molecule has 0 atom stereocenters. The van der Waals surface area contributed by atoms with Crippen molar-refractivity contribution in [2.75, 3.05) is 26.2 Å². The molecular weight excluding hydrogens is 283 g/mol.